The van der Waals surface area contributed by atoms with Gasteiger partial charge in [0.05, 0.1) is 12.8 Å². The van der Waals surface area contributed by atoms with Crippen LogP contribution in [0.2, 0.25) is 0 Å². The molecule has 1 aromatic heterocycles. The third-order valence-electron chi connectivity index (χ3n) is 2.81. The molecule has 6 nitrogen and oxygen atoms in total. The summed E-state index contributed by atoms with van der Waals surface area (Å²) in [5.41, 5.74) is 0.929. The van der Waals surface area contributed by atoms with Crippen LogP contribution in [-0.2, 0) is 0 Å². The fourth-order valence-corrected chi connectivity index (χ4v) is 1.76. The van der Waals surface area contributed by atoms with E-state index in [-0.39, 0.29) is 0 Å². The molecule has 1 heterocycles. The van der Waals surface area contributed by atoms with Crippen molar-refractivity contribution in [3.8, 4) is 5.75 Å². The van der Waals surface area contributed by atoms with Crippen molar-refractivity contribution in [2.24, 2.45) is 0 Å². The molecule has 0 spiro atoms. The SMILES string of the molecule is CCCCNc1nncc(Nc2ccc(OCC)cc2)n1. The topological polar surface area (TPSA) is 72.0 Å². The van der Waals surface area contributed by atoms with Gasteiger partial charge in [-0.15, -0.1) is 5.10 Å². The number of aromatic nitrogens is 3. The van der Waals surface area contributed by atoms with Crippen LogP contribution in [0.4, 0.5) is 17.5 Å². The lowest BCUT2D eigenvalue weighted by Gasteiger charge is -2.08. The Labute approximate surface area is 125 Å². The molecule has 0 amide bonds. The number of ether oxygens (including phenoxy) is 1. The van der Waals surface area contributed by atoms with Gasteiger partial charge in [0.15, 0.2) is 5.82 Å². The molecule has 0 radical (unpaired) electrons. The van der Waals surface area contributed by atoms with E-state index in [0.717, 1.165) is 30.8 Å². The van der Waals surface area contributed by atoms with Crippen LogP contribution in [0.1, 0.15) is 26.7 Å². The minimum atomic E-state index is 0.541. The smallest absolute Gasteiger partial charge is 0.244 e. The lowest BCUT2D eigenvalue weighted by atomic mass is 10.3. The number of nitrogens with zero attached hydrogens (tertiary/aromatic N) is 3. The number of unbranched alkanes of at least 4 members (excludes halogenated alkanes) is 1. The Hall–Kier alpha value is -2.37. The average Bonchev–Trinajstić information content (AvgIpc) is 2.50. The molecule has 0 saturated carbocycles. The van der Waals surface area contributed by atoms with Crippen molar-refractivity contribution in [2.75, 3.05) is 23.8 Å². The Morgan fingerprint density at radius 2 is 1.95 bits per heavy atom. The van der Waals surface area contributed by atoms with E-state index in [9.17, 15) is 0 Å². The van der Waals surface area contributed by atoms with Gasteiger partial charge in [0.1, 0.15) is 5.75 Å². The molecular formula is C15H21N5O. The van der Waals surface area contributed by atoms with Gasteiger partial charge in [0.2, 0.25) is 5.95 Å². The number of hydrogen-bond acceptors (Lipinski definition) is 6. The molecule has 0 bridgehead atoms. The largest absolute Gasteiger partial charge is 0.494 e. The van der Waals surface area contributed by atoms with Gasteiger partial charge in [-0.05, 0) is 37.6 Å². The van der Waals surface area contributed by atoms with Crippen LogP contribution < -0.4 is 15.4 Å². The van der Waals surface area contributed by atoms with Crippen molar-refractivity contribution in [3.63, 3.8) is 0 Å². The zero-order valence-electron chi connectivity index (χ0n) is 12.5. The summed E-state index contributed by atoms with van der Waals surface area (Å²) in [6, 6.07) is 7.72. The molecule has 0 unspecified atom stereocenters. The first-order valence-corrected chi connectivity index (χ1v) is 7.25. The summed E-state index contributed by atoms with van der Waals surface area (Å²) in [4.78, 5) is 4.37. The first-order chi connectivity index (χ1) is 10.3. The summed E-state index contributed by atoms with van der Waals surface area (Å²) in [7, 11) is 0. The molecular weight excluding hydrogens is 266 g/mol. The number of benzene rings is 1. The van der Waals surface area contributed by atoms with Crippen LogP contribution in [-0.4, -0.2) is 28.3 Å². The van der Waals surface area contributed by atoms with Crippen LogP contribution >= 0.6 is 0 Å². The molecule has 1 aromatic carbocycles. The summed E-state index contributed by atoms with van der Waals surface area (Å²) in [6.07, 6.45) is 3.81. The fourth-order valence-electron chi connectivity index (χ4n) is 1.76. The molecule has 0 atom stereocenters. The summed E-state index contributed by atoms with van der Waals surface area (Å²) in [6.45, 7) is 5.62. The Bertz CT molecular complexity index is 544. The van der Waals surface area contributed by atoms with Crippen molar-refractivity contribution in [3.05, 3.63) is 30.5 Å². The van der Waals surface area contributed by atoms with E-state index in [2.05, 4.69) is 32.7 Å². The van der Waals surface area contributed by atoms with Gasteiger partial charge in [-0.2, -0.15) is 10.1 Å². The van der Waals surface area contributed by atoms with Crippen molar-refractivity contribution < 1.29 is 4.74 Å². The first-order valence-electron chi connectivity index (χ1n) is 7.25. The fraction of sp³-hybridized carbons (Fsp3) is 0.400. The number of hydrogen-bond donors (Lipinski definition) is 2. The molecule has 112 valence electrons. The van der Waals surface area contributed by atoms with Crippen LogP contribution in [0, 0.1) is 0 Å². The molecule has 2 rings (SSSR count). The van der Waals surface area contributed by atoms with Gasteiger partial charge in [-0.3, -0.25) is 0 Å². The summed E-state index contributed by atoms with van der Waals surface area (Å²) in [5.74, 6) is 2.05. The monoisotopic (exact) mass is 287 g/mol. The van der Waals surface area contributed by atoms with Crippen LogP contribution in [0.3, 0.4) is 0 Å². The Kier molecular flexibility index (Phi) is 5.75. The highest BCUT2D eigenvalue weighted by atomic mass is 16.5. The minimum Gasteiger partial charge on any atom is -0.494 e. The zero-order chi connectivity index (χ0) is 14.9. The van der Waals surface area contributed by atoms with Gasteiger partial charge in [-0.1, -0.05) is 13.3 Å². The van der Waals surface area contributed by atoms with E-state index in [1.165, 1.54) is 0 Å². The van der Waals surface area contributed by atoms with Gasteiger partial charge >= 0.3 is 0 Å². The molecule has 21 heavy (non-hydrogen) atoms. The standard InChI is InChI=1S/C15H21N5O/c1-3-5-10-16-15-19-14(11-17-20-15)18-12-6-8-13(9-7-12)21-4-2/h6-9,11H,3-5,10H2,1-2H3,(H2,16,18,19,20). The Balaban J connectivity index is 1.96. The van der Waals surface area contributed by atoms with Crippen molar-refractivity contribution in [2.45, 2.75) is 26.7 Å². The zero-order valence-corrected chi connectivity index (χ0v) is 12.5. The molecule has 0 fully saturated rings. The van der Waals surface area contributed by atoms with Gasteiger partial charge in [0, 0.05) is 12.2 Å². The van der Waals surface area contributed by atoms with Crippen LogP contribution in [0.5, 0.6) is 5.75 Å². The summed E-state index contributed by atoms with van der Waals surface area (Å²) < 4.78 is 5.41. The van der Waals surface area contributed by atoms with Crippen molar-refractivity contribution in [1.29, 1.82) is 0 Å². The van der Waals surface area contributed by atoms with Crippen molar-refractivity contribution in [1.82, 2.24) is 15.2 Å². The molecule has 2 N–H and O–H groups in total. The van der Waals surface area contributed by atoms with E-state index in [4.69, 9.17) is 4.74 Å². The molecule has 0 aliphatic rings. The quantitative estimate of drug-likeness (QED) is 0.726. The van der Waals surface area contributed by atoms with Crippen molar-refractivity contribution >= 4 is 17.5 Å². The Morgan fingerprint density at radius 3 is 2.67 bits per heavy atom. The normalized spacial score (nSPS) is 10.2. The second kappa shape index (κ2) is 8.04. The lowest BCUT2D eigenvalue weighted by molar-refractivity contribution is 0.340. The van der Waals surface area contributed by atoms with Gasteiger partial charge < -0.3 is 15.4 Å². The van der Waals surface area contributed by atoms with Crippen LogP contribution in [0.25, 0.3) is 0 Å². The van der Waals surface area contributed by atoms with E-state index >= 15 is 0 Å². The molecule has 6 heteroatoms. The third-order valence-corrected chi connectivity index (χ3v) is 2.81. The maximum Gasteiger partial charge on any atom is 0.244 e. The van der Waals surface area contributed by atoms with Gasteiger partial charge in [-0.25, -0.2) is 0 Å². The minimum absolute atomic E-state index is 0.541. The molecule has 0 aliphatic carbocycles. The summed E-state index contributed by atoms with van der Waals surface area (Å²) >= 11 is 0. The predicted octanol–water partition coefficient (Wildman–Crippen LogP) is 3.23. The lowest BCUT2D eigenvalue weighted by Crippen LogP contribution is -2.07. The number of nitrogens with one attached hydrogen (secondary N) is 2. The maximum atomic E-state index is 5.41. The maximum absolute atomic E-state index is 5.41. The second-order valence-corrected chi connectivity index (χ2v) is 4.53. The van der Waals surface area contributed by atoms with E-state index in [1.807, 2.05) is 31.2 Å². The summed E-state index contributed by atoms with van der Waals surface area (Å²) in [5, 5.41) is 14.3. The second-order valence-electron chi connectivity index (χ2n) is 4.53. The predicted molar refractivity (Wildman–Crippen MR) is 84.1 cm³/mol. The Morgan fingerprint density at radius 1 is 1.14 bits per heavy atom. The highest BCUT2D eigenvalue weighted by Crippen LogP contribution is 2.18. The van der Waals surface area contributed by atoms with Gasteiger partial charge in [0.25, 0.3) is 0 Å². The molecule has 0 aliphatic heterocycles. The van der Waals surface area contributed by atoms with E-state index in [1.54, 1.807) is 6.20 Å². The highest BCUT2D eigenvalue weighted by Gasteiger charge is 2.01. The van der Waals surface area contributed by atoms with E-state index in [0.29, 0.717) is 18.4 Å². The first kappa shape index (κ1) is 15.0. The third kappa shape index (κ3) is 4.91. The molecule has 0 saturated heterocycles. The number of anilines is 3. The highest BCUT2D eigenvalue weighted by molar-refractivity contribution is 5.57. The molecule has 2 aromatic rings. The average molecular weight is 287 g/mol. The van der Waals surface area contributed by atoms with E-state index < -0.39 is 0 Å². The van der Waals surface area contributed by atoms with Crippen LogP contribution in [0.15, 0.2) is 30.5 Å². The number of rotatable bonds is 8.